The van der Waals surface area contributed by atoms with Crippen LogP contribution in [0.2, 0.25) is 0 Å². The number of halogens is 2. The van der Waals surface area contributed by atoms with Crippen molar-refractivity contribution in [2.45, 2.75) is 32.4 Å². The molecule has 11 heteroatoms. The van der Waals surface area contributed by atoms with Crippen molar-refractivity contribution in [1.82, 2.24) is 24.8 Å². The van der Waals surface area contributed by atoms with Gasteiger partial charge in [0.15, 0.2) is 10.8 Å². The molecule has 3 atom stereocenters. The summed E-state index contributed by atoms with van der Waals surface area (Å²) in [5.41, 5.74) is 7.47. The fourth-order valence-electron chi connectivity index (χ4n) is 4.97. The summed E-state index contributed by atoms with van der Waals surface area (Å²) in [7, 11) is 0. The number of carbonyl (C=O) groups is 1. The van der Waals surface area contributed by atoms with Crippen molar-refractivity contribution in [3.63, 3.8) is 0 Å². The Balaban J connectivity index is 1.17. The molecule has 39 heavy (non-hydrogen) atoms. The van der Waals surface area contributed by atoms with Crippen LogP contribution in [0.1, 0.15) is 34.8 Å². The van der Waals surface area contributed by atoms with Gasteiger partial charge < -0.3 is 15.4 Å². The fourth-order valence-corrected chi connectivity index (χ4v) is 5.95. The standard InChI is InChI=1S/C28H26F2N6O2S/c1-14-24(39-26(34-14)25-32-7-4-8-33-25)27(37)36-12-18-19(13-36)23(18)38-22-10-15(28(2,3)31)9-21(35-22)17-6-5-16(29)11-20(17)30/h4-11,18-19,23H,12-13,31H2,1-3H3/t18-,19?,23?/m1/s1. The Morgan fingerprint density at radius 3 is 2.49 bits per heavy atom. The van der Waals surface area contributed by atoms with E-state index in [1.54, 1.807) is 30.6 Å². The first kappa shape index (κ1) is 25.4. The Labute approximate surface area is 227 Å². The molecule has 200 valence electrons. The van der Waals surface area contributed by atoms with Crippen LogP contribution in [0.4, 0.5) is 8.78 Å². The molecule has 4 heterocycles. The molecule has 8 nitrogen and oxygen atoms in total. The first-order valence-corrected chi connectivity index (χ1v) is 13.4. The van der Waals surface area contributed by atoms with Crippen molar-refractivity contribution in [3.05, 3.63) is 76.6 Å². The van der Waals surface area contributed by atoms with Crippen molar-refractivity contribution in [2.75, 3.05) is 13.1 Å². The van der Waals surface area contributed by atoms with E-state index in [1.165, 1.54) is 23.5 Å². The molecular weight excluding hydrogens is 522 g/mol. The van der Waals surface area contributed by atoms with Gasteiger partial charge in [0, 0.05) is 60.6 Å². The third kappa shape index (κ3) is 4.87. The molecule has 3 aromatic heterocycles. The molecule has 4 aromatic rings. The average molecular weight is 549 g/mol. The van der Waals surface area contributed by atoms with E-state index in [0.29, 0.717) is 51.6 Å². The number of hydrogen-bond donors (Lipinski definition) is 1. The Hall–Kier alpha value is -3.83. The number of benzene rings is 1. The van der Waals surface area contributed by atoms with Gasteiger partial charge in [-0.3, -0.25) is 4.79 Å². The zero-order valence-corrected chi connectivity index (χ0v) is 22.4. The number of aryl methyl sites for hydroxylation is 1. The van der Waals surface area contributed by atoms with E-state index in [-0.39, 0.29) is 29.4 Å². The number of pyridine rings is 1. The smallest absolute Gasteiger partial charge is 0.265 e. The highest BCUT2D eigenvalue weighted by atomic mass is 32.1. The zero-order valence-electron chi connectivity index (χ0n) is 21.6. The molecule has 1 aromatic carbocycles. The lowest BCUT2D eigenvalue weighted by Gasteiger charge is -2.22. The summed E-state index contributed by atoms with van der Waals surface area (Å²) in [5.74, 6) is -0.269. The molecule has 1 amide bonds. The second-order valence-corrected chi connectivity index (χ2v) is 11.6. The summed E-state index contributed by atoms with van der Waals surface area (Å²) in [6, 6.07) is 8.57. The first-order valence-electron chi connectivity index (χ1n) is 12.6. The van der Waals surface area contributed by atoms with Gasteiger partial charge in [0.25, 0.3) is 5.91 Å². The number of nitrogens with two attached hydrogens (primary N) is 1. The molecule has 1 aliphatic carbocycles. The molecule has 1 saturated carbocycles. The highest BCUT2D eigenvalue weighted by Gasteiger charge is 2.59. The van der Waals surface area contributed by atoms with Crippen LogP contribution in [0.3, 0.4) is 0 Å². The monoisotopic (exact) mass is 548 g/mol. The van der Waals surface area contributed by atoms with E-state index in [2.05, 4.69) is 19.9 Å². The van der Waals surface area contributed by atoms with E-state index >= 15 is 0 Å². The zero-order chi connectivity index (χ0) is 27.5. The number of fused-ring (bicyclic) bond motifs is 1. The lowest BCUT2D eigenvalue weighted by Crippen LogP contribution is -2.33. The first-order chi connectivity index (χ1) is 18.6. The van der Waals surface area contributed by atoms with Crippen molar-refractivity contribution in [3.8, 4) is 28.0 Å². The van der Waals surface area contributed by atoms with Gasteiger partial charge in [-0.15, -0.1) is 11.3 Å². The summed E-state index contributed by atoms with van der Waals surface area (Å²) < 4.78 is 34.3. The van der Waals surface area contributed by atoms with Crippen LogP contribution in [-0.4, -0.2) is 49.9 Å². The van der Waals surface area contributed by atoms with E-state index < -0.39 is 17.2 Å². The highest BCUT2D eigenvalue weighted by molar-refractivity contribution is 7.17. The molecule has 2 N–H and O–H groups in total. The second-order valence-electron chi connectivity index (χ2n) is 10.6. The van der Waals surface area contributed by atoms with Gasteiger partial charge in [-0.2, -0.15) is 0 Å². The fraction of sp³-hybridized carbons (Fsp3) is 0.321. The number of nitrogens with zero attached hydrogens (tertiary/aromatic N) is 5. The minimum Gasteiger partial charge on any atom is -0.474 e. The number of thiazole rings is 1. The number of amides is 1. The van der Waals surface area contributed by atoms with Gasteiger partial charge in [0.1, 0.15) is 22.6 Å². The number of aromatic nitrogens is 4. The molecule has 0 radical (unpaired) electrons. The Morgan fingerprint density at radius 1 is 1.10 bits per heavy atom. The van der Waals surface area contributed by atoms with E-state index in [0.717, 1.165) is 6.07 Å². The molecule has 2 unspecified atom stereocenters. The quantitative estimate of drug-likeness (QED) is 0.376. The summed E-state index contributed by atoms with van der Waals surface area (Å²) in [4.78, 5) is 33.2. The van der Waals surface area contributed by atoms with Crippen molar-refractivity contribution in [2.24, 2.45) is 17.6 Å². The summed E-state index contributed by atoms with van der Waals surface area (Å²) in [6.45, 7) is 6.61. The molecule has 6 rings (SSSR count). The van der Waals surface area contributed by atoms with Crippen molar-refractivity contribution < 1.29 is 18.3 Å². The van der Waals surface area contributed by atoms with Gasteiger partial charge in [-0.25, -0.2) is 28.7 Å². The van der Waals surface area contributed by atoms with Gasteiger partial charge in [-0.1, -0.05) is 0 Å². The average Bonchev–Trinajstić information content (AvgIpc) is 3.21. The molecule has 0 spiro atoms. The Kier molecular flexibility index (Phi) is 6.15. The molecule has 1 saturated heterocycles. The van der Waals surface area contributed by atoms with Gasteiger partial charge in [-0.05, 0) is 50.6 Å². The maximum Gasteiger partial charge on any atom is 0.265 e. The second kappa shape index (κ2) is 9.42. The maximum atomic E-state index is 14.5. The van der Waals surface area contributed by atoms with E-state index in [1.807, 2.05) is 25.7 Å². The number of likely N-dealkylation sites (tertiary alicyclic amines) is 1. The predicted molar refractivity (Wildman–Crippen MR) is 142 cm³/mol. The van der Waals surface area contributed by atoms with Crippen LogP contribution >= 0.6 is 11.3 Å². The predicted octanol–water partition coefficient (Wildman–Crippen LogP) is 4.59. The van der Waals surface area contributed by atoms with Crippen LogP contribution in [0.25, 0.3) is 22.1 Å². The third-order valence-electron chi connectivity index (χ3n) is 7.16. The molecule has 2 fully saturated rings. The summed E-state index contributed by atoms with van der Waals surface area (Å²) in [6.07, 6.45) is 3.18. The van der Waals surface area contributed by atoms with E-state index in [4.69, 9.17) is 10.5 Å². The largest absolute Gasteiger partial charge is 0.474 e. The third-order valence-corrected chi connectivity index (χ3v) is 8.30. The van der Waals surface area contributed by atoms with Crippen LogP contribution < -0.4 is 10.5 Å². The summed E-state index contributed by atoms with van der Waals surface area (Å²) >= 11 is 1.30. The topological polar surface area (TPSA) is 107 Å². The minimum absolute atomic E-state index is 0.0581. The molecule has 2 aliphatic rings. The normalized spacial score (nSPS) is 20.2. The van der Waals surface area contributed by atoms with Crippen molar-refractivity contribution in [1.29, 1.82) is 0 Å². The van der Waals surface area contributed by atoms with Crippen LogP contribution in [-0.2, 0) is 5.54 Å². The lowest BCUT2D eigenvalue weighted by atomic mass is 9.94. The number of piperidine rings is 1. The number of ether oxygens (including phenoxy) is 1. The van der Waals surface area contributed by atoms with Gasteiger partial charge in [0.05, 0.1) is 11.4 Å². The maximum absolute atomic E-state index is 14.5. The molecule has 0 bridgehead atoms. The molecule has 1 aliphatic heterocycles. The molecular formula is C28H26F2N6O2S. The van der Waals surface area contributed by atoms with Gasteiger partial charge >= 0.3 is 0 Å². The van der Waals surface area contributed by atoms with Gasteiger partial charge in [0.2, 0.25) is 5.88 Å². The van der Waals surface area contributed by atoms with E-state index in [9.17, 15) is 13.6 Å². The summed E-state index contributed by atoms with van der Waals surface area (Å²) in [5, 5.41) is 0.615. The number of hydrogen-bond acceptors (Lipinski definition) is 8. The lowest BCUT2D eigenvalue weighted by molar-refractivity contribution is 0.0755. The van der Waals surface area contributed by atoms with Crippen LogP contribution in [0.15, 0.2) is 48.8 Å². The minimum atomic E-state index is -0.731. The van der Waals surface area contributed by atoms with Crippen LogP contribution in [0.5, 0.6) is 5.88 Å². The SMILES string of the molecule is Cc1nc(-c2ncccn2)sc1C(=O)N1CC2C(Oc3cc(C(C)(C)N)cc(-c4ccc(F)cc4F)n3)[C@@H]2C1. The highest BCUT2D eigenvalue weighted by Crippen LogP contribution is 2.48. The van der Waals surface area contributed by atoms with Crippen molar-refractivity contribution >= 4 is 17.2 Å². The Bertz CT molecular complexity index is 1560. The Morgan fingerprint density at radius 2 is 1.82 bits per heavy atom. The number of rotatable bonds is 6. The van der Waals surface area contributed by atoms with Crippen LogP contribution in [0, 0.1) is 30.4 Å². The number of carbonyl (C=O) groups excluding carboxylic acids is 1.